The fourth-order valence-corrected chi connectivity index (χ4v) is 1.38. The second kappa shape index (κ2) is 2.77. The van der Waals surface area contributed by atoms with E-state index < -0.39 is 0 Å². The quantitative estimate of drug-likeness (QED) is 0.701. The minimum absolute atomic E-state index is 0.118. The molecule has 0 fully saturated rings. The van der Waals surface area contributed by atoms with Crippen LogP contribution in [0.2, 0.25) is 0 Å². The lowest BCUT2D eigenvalue weighted by Crippen LogP contribution is -2.10. The molecule has 1 N–H and O–H groups in total. The first-order valence-electron chi connectivity index (χ1n) is 3.56. The first-order chi connectivity index (χ1) is 5.04. The number of anilines is 1. The first kappa shape index (κ1) is 8.46. The molecule has 11 heavy (non-hydrogen) atoms. The fourth-order valence-electron chi connectivity index (χ4n) is 0.627. The van der Waals surface area contributed by atoms with Crippen LogP contribution in [0.1, 0.15) is 25.8 Å². The first-order valence-corrected chi connectivity index (χ1v) is 4.37. The van der Waals surface area contributed by atoms with Gasteiger partial charge in [-0.05, 0) is 0 Å². The van der Waals surface area contributed by atoms with Crippen molar-refractivity contribution in [3.63, 3.8) is 0 Å². The highest BCUT2D eigenvalue weighted by molar-refractivity contribution is 7.15. The Bertz CT molecular complexity index is 236. The lowest BCUT2D eigenvalue weighted by molar-refractivity contribution is 0.578. The summed E-state index contributed by atoms with van der Waals surface area (Å²) in [6, 6.07) is 0. The molecule has 0 saturated carbocycles. The summed E-state index contributed by atoms with van der Waals surface area (Å²) >= 11 is 1.61. The smallest absolute Gasteiger partial charge is 0.205 e. The molecule has 0 atom stereocenters. The molecular formula is C7H13N3S. The number of nitrogens with zero attached hydrogens (tertiary/aromatic N) is 2. The van der Waals surface area contributed by atoms with Gasteiger partial charge >= 0.3 is 0 Å². The summed E-state index contributed by atoms with van der Waals surface area (Å²) in [5.41, 5.74) is 0.118. The zero-order valence-corrected chi connectivity index (χ0v) is 8.12. The Morgan fingerprint density at radius 3 is 2.18 bits per heavy atom. The number of nitrogens with one attached hydrogen (secondary N) is 1. The summed E-state index contributed by atoms with van der Waals surface area (Å²) in [7, 11) is 1.85. The van der Waals surface area contributed by atoms with Crippen molar-refractivity contribution in [1.82, 2.24) is 10.2 Å². The molecule has 0 unspecified atom stereocenters. The lowest BCUT2D eigenvalue weighted by Gasteiger charge is -2.12. The maximum atomic E-state index is 4.06. The molecule has 1 rings (SSSR count). The van der Waals surface area contributed by atoms with E-state index in [1.807, 2.05) is 7.05 Å². The van der Waals surface area contributed by atoms with Crippen LogP contribution < -0.4 is 5.32 Å². The molecule has 0 aliphatic carbocycles. The monoisotopic (exact) mass is 171 g/mol. The van der Waals surface area contributed by atoms with E-state index in [1.165, 1.54) is 0 Å². The molecule has 1 heterocycles. The second-order valence-corrected chi connectivity index (χ2v) is 4.39. The third-order valence-corrected chi connectivity index (χ3v) is 2.65. The van der Waals surface area contributed by atoms with Crippen LogP contribution in [0.3, 0.4) is 0 Å². The van der Waals surface area contributed by atoms with Crippen molar-refractivity contribution >= 4 is 16.5 Å². The Morgan fingerprint density at radius 2 is 1.91 bits per heavy atom. The van der Waals surface area contributed by atoms with Gasteiger partial charge in [0.05, 0.1) is 0 Å². The van der Waals surface area contributed by atoms with Gasteiger partial charge in [-0.2, -0.15) is 0 Å². The van der Waals surface area contributed by atoms with Gasteiger partial charge in [0.15, 0.2) is 0 Å². The van der Waals surface area contributed by atoms with E-state index in [0.29, 0.717) is 0 Å². The highest BCUT2D eigenvalue weighted by atomic mass is 32.1. The van der Waals surface area contributed by atoms with Crippen LogP contribution in [0, 0.1) is 0 Å². The van der Waals surface area contributed by atoms with E-state index in [4.69, 9.17) is 0 Å². The standard InChI is InChI=1S/C7H13N3S/c1-7(2,3)5-9-10-6(8-4)11-5/h1-4H3,(H,8,10). The SMILES string of the molecule is CNc1nnc(C(C)(C)C)s1. The summed E-state index contributed by atoms with van der Waals surface area (Å²) in [6.45, 7) is 6.40. The van der Waals surface area contributed by atoms with Crippen LogP contribution in [0.5, 0.6) is 0 Å². The molecule has 0 aliphatic rings. The van der Waals surface area contributed by atoms with Crippen LogP contribution >= 0.6 is 11.3 Å². The van der Waals surface area contributed by atoms with E-state index in [-0.39, 0.29) is 5.41 Å². The highest BCUT2D eigenvalue weighted by Gasteiger charge is 2.18. The summed E-state index contributed by atoms with van der Waals surface area (Å²) in [5.74, 6) is 0. The molecule has 1 aromatic heterocycles. The van der Waals surface area contributed by atoms with E-state index in [9.17, 15) is 0 Å². The fraction of sp³-hybridized carbons (Fsp3) is 0.714. The summed E-state index contributed by atoms with van der Waals surface area (Å²) in [5, 5.41) is 12.9. The van der Waals surface area contributed by atoms with Gasteiger partial charge in [0.1, 0.15) is 5.01 Å². The van der Waals surface area contributed by atoms with E-state index >= 15 is 0 Å². The minimum atomic E-state index is 0.118. The van der Waals surface area contributed by atoms with Crippen molar-refractivity contribution in [3.05, 3.63) is 5.01 Å². The maximum Gasteiger partial charge on any atom is 0.205 e. The Kier molecular flexibility index (Phi) is 2.13. The van der Waals surface area contributed by atoms with Gasteiger partial charge in [0, 0.05) is 12.5 Å². The van der Waals surface area contributed by atoms with Crippen molar-refractivity contribution in [2.24, 2.45) is 0 Å². The third kappa shape index (κ3) is 1.89. The zero-order valence-electron chi connectivity index (χ0n) is 7.30. The van der Waals surface area contributed by atoms with Gasteiger partial charge in [-0.3, -0.25) is 0 Å². The summed E-state index contributed by atoms with van der Waals surface area (Å²) < 4.78 is 0. The largest absolute Gasteiger partial charge is 0.363 e. The van der Waals surface area contributed by atoms with Crippen molar-refractivity contribution in [3.8, 4) is 0 Å². The Morgan fingerprint density at radius 1 is 1.27 bits per heavy atom. The number of hydrogen-bond donors (Lipinski definition) is 1. The number of aromatic nitrogens is 2. The Hall–Kier alpha value is -0.640. The highest BCUT2D eigenvalue weighted by Crippen LogP contribution is 2.27. The molecule has 0 radical (unpaired) electrons. The molecule has 4 heteroatoms. The maximum absolute atomic E-state index is 4.06. The van der Waals surface area contributed by atoms with Gasteiger partial charge < -0.3 is 5.32 Å². The van der Waals surface area contributed by atoms with Gasteiger partial charge in [-0.1, -0.05) is 32.1 Å². The molecule has 0 aromatic carbocycles. The van der Waals surface area contributed by atoms with Crippen molar-refractivity contribution in [2.45, 2.75) is 26.2 Å². The minimum Gasteiger partial charge on any atom is -0.363 e. The molecule has 3 nitrogen and oxygen atoms in total. The summed E-state index contributed by atoms with van der Waals surface area (Å²) in [4.78, 5) is 0. The van der Waals surface area contributed by atoms with Gasteiger partial charge in [-0.25, -0.2) is 0 Å². The van der Waals surface area contributed by atoms with Crippen molar-refractivity contribution in [1.29, 1.82) is 0 Å². The topological polar surface area (TPSA) is 37.8 Å². The molecule has 0 amide bonds. The van der Waals surface area contributed by atoms with Gasteiger partial charge in [0.25, 0.3) is 0 Å². The predicted molar refractivity (Wildman–Crippen MR) is 48.2 cm³/mol. The average Bonchev–Trinajstić information content (AvgIpc) is 2.32. The third-order valence-electron chi connectivity index (χ3n) is 1.28. The Labute approximate surface area is 70.9 Å². The lowest BCUT2D eigenvalue weighted by atomic mass is 9.98. The molecule has 0 spiro atoms. The van der Waals surface area contributed by atoms with Crippen LogP contribution in [-0.2, 0) is 5.41 Å². The van der Waals surface area contributed by atoms with Crippen LogP contribution in [-0.4, -0.2) is 17.2 Å². The van der Waals surface area contributed by atoms with Gasteiger partial charge in [-0.15, -0.1) is 10.2 Å². The second-order valence-electron chi connectivity index (χ2n) is 3.41. The van der Waals surface area contributed by atoms with Crippen molar-refractivity contribution in [2.75, 3.05) is 12.4 Å². The molecule has 62 valence electrons. The number of hydrogen-bond acceptors (Lipinski definition) is 4. The van der Waals surface area contributed by atoms with Gasteiger partial charge in [0.2, 0.25) is 5.13 Å². The van der Waals surface area contributed by atoms with Crippen molar-refractivity contribution < 1.29 is 0 Å². The number of rotatable bonds is 1. The molecule has 0 aliphatic heterocycles. The molecular weight excluding hydrogens is 158 g/mol. The van der Waals surface area contributed by atoms with E-state index in [0.717, 1.165) is 10.1 Å². The molecule has 1 aromatic rings. The van der Waals surface area contributed by atoms with E-state index in [2.05, 4.69) is 36.3 Å². The van der Waals surface area contributed by atoms with Crippen LogP contribution in [0.15, 0.2) is 0 Å². The normalized spacial score (nSPS) is 11.6. The molecule has 0 bridgehead atoms. The van der Waals surface area contributed by atoms with E-state index in [1.54, 1.807) is 11.3 Å². The van der Waals surface area contributed by atoms with Crippen LogP contribution in [0.4, 0.5) is 5.13 Å². The predicted octanol–water partition coefficient (Wildman–Crippen LogP) is 1.88. The van der Waals surface area contributed by atoms with Crippen LogP contribution in [0.25, 0.3) is 0 Å². The average molecular weight is 171 g/mol. The molecule has 0 saturated heterocycles. The summed E-state index contributed by atoms with van der Waals surface area (Å²) in [6.07, 6.45) is 0. The zero-order chi connectivity index (χ0) is 8.48. The Balaban J connectivity index is 2.89.